The van der Waals surface area contributed by atoms with Crippen LogP contribution in [0.5, 0.6) is 11.5 Å². The molecule has 1 aromatic heterocycles. The lowest BCUT2D eigenvalue weighted by Gasteiger charge is -2.07. The summed E-state index contributed by atoms with van der Waals surface area (Å²) in [6, 6.07) is 6.19. The molecule has 1 saturated carbocycles. The zero-order valence-corrected chi connectivity index (χ0v) is 11.1. The highest BCUT2D eigenvalue weighted by atomic mass is 16.7. The fraction of sp³-hybridized carbons (Fsp3) is 0.467. The number of fused-ring (bicyclic) bond motifs is 2. The lowest BCUT2D eigenvalue weighted by atomic mass is 10.2. The number of nitriles is 1. The molecule has 5 nitrogen and oxygen atoms in total. The second kappa shape index (κ2) is 4.41. The van der Waals surface area contributed by atoms with Gasteiger partial charge in [0.1, 0.15) is 5.82 Å². The molecule has 5 heteroatoms. The Morgan fingerprint density at radius 2 is 2.10 bits per heavy atom. The molecule has 102 valence electrons. The molecule has 2 aromatic rings. The number of hydrogen-bond donors (Lipinski definition) is 0. The van der Waals surface area contributed by atoms with Crippen LogP contribution in [-0.4, -0.2) is 16.3 Å². The Kier molecular flexibility index (Phi) is 2.56. The van der Waals surface area contributed by atoms with Crippen molar-refractivity contribution in [1.29, 1.82) is 5.26 Å². The summed E-state index contributed by atoms with van der Waals surface area (Å²) >= 11 is 0. The lowest BCUT2D eigenvalue weighted by molar-refractivity contribution is 0.174. The van der Waals surface area contributed by atoms with Crippen molar-refractivity contribution in [1.82, 2.24) is 9.55 Å². The maximum atomic E-state index is 8.71. The minimum Gasteiger partial charge on any atom is -0.454 e. The zero-order chi connectivity index (χ0) is 13.5. The van der Waals surface area contributed by atoms with Gasteiger partial charge in [0.05, 0.1) is 17.1 Å². The lowest BCUT2D eigenvalue weighted by Crippen LogP contribution is -2.03. The molecule has 1 aromatic carbocycles. The number of rotatable bonds is 4. The van der Waals surface area contributed by atoms with Crippen LogP contribution in [0.2, 0.25) is 0 Å². The summed E-state index contributed by atoms with van der Waals surface area (Å²) in [6.07, 6.45) is 3.87. The molecule has 4 rings (SSSR count). The van der Waals surface area contributed by atoms with E-state index in [0.29, 0.717) is 12.3 Å². The Bertz CT molecular complexity index is 710. The van der Waals surface area contributed by atoms with E-state index in [1.165, 1.54) is 12.8 Å². The van der Waals surface area contributed by atoms with Gasteiger partial charge in [-0.15, -0.1) is 0 Å². The maximum absolute atomic E-state index is 8.71. The molecule has 1 aliphatic carbocycles. The van der Waals surface area contributed by atoms with Crippen LogP contribution in [0.1, 0.15) is 37.4 Å². The van der Waals surface area contributed by atoms with Crippen molar-refractivity contribution < 1.29 is 9.47 Å². The van der Waals surface area contributed by atoms with E-state index in [-0.39, 0.29) is 6.79 Å². The Labute approximate surface area is 116 Å². The third-order valence-electron chi connectivity index (χ3n) is 3.88. The first-order valence-corrected chi connectivity index (χ1v) is 7.03. The van der Waals surface area contributed by atoms with Gasteiger partial charge in [-0.25, -0.2) is 4.98 Å². The van der Waals surface area contributed by atoms with E-state index in [1.807, 2.05) is 12.1 Å². The van der Waals surface area contributed by atoms with E-state index in [1.54, 1.807) is 0 Å². The number of benzene rings is 1. The average molecular weight is 269 g/mol. The molecule has 0 atom stereocenters. The molecular weight excluding hydrogens is 254 g/mol. The van der Waals surface area contributed by atoms with E-state index in [9.17, 15) is 0 Å². The third kappa shape index (κ3) is 1.80. The fourth-order valence-corrected chi connectivity index (χ4v) is 2.74. The second-order valence-electron chi connectivity index (χ2n) is 5.35. The van der Waals surface area contributed by atoms with Gasteiger partial charge in [-0.1, -0.05) is 0 Å². The molecule has 0 saturated heterocycles. The van der Waals surface area contributed by atoms with Crippen LogP contribution in [0.25, 0.3) is 11.0 Å². The van der Waals surface area contributed by atoms with Gasteiger partial charge < -0.3 is 14.0 Å². The van der Waals surface area contributed by atoms with Crippen molar-refractivity contribution in [2.75, 3.05) is 6.79 Å². The van der Waals surface area contributed by atoms with Crippen molar-refractivity contribution in [2.24, 2.45) is 0 Å². The van der Waals surface area contributed by atoms with Gasteiger partial charge in [-0.2, -0.15) is 5.26 Å². The predicted octanol–water partition coefficient (Wildman–Crippen LogP) is 2.95. The van der Waals surface area contributed by atoms with Crippen LogP contribution < -0.4 is 9.47 Å². The van der Waals surface area contributed by atoms with Crippen molar-refractivity contribution in [2.45, 2.75) is 38.1 Å². The van der Waals surface area contributed by atoms with Crippen molar-refractivity contribution >= 4 is 11.0 Å². The molecule has 20 heavy (non-hydrogen) atoms. The summed E-state index contributed by atoms with van der Waals surface area (Å²) in [5, 5.41) is 8.71. The van der Waals surface area contributed by atoms with Crippen molar-refractivity contribution in [3.05, 3.63) is 18.0 Å². The van der Waals surface area contributed by atoms with Gasteiger partial charge in [-0.05, 0) is 19.3 Å². The standard InChI is InChI=1S/C15H15N3O2/c16-5-1-2-6-18-12-8-14-13(19-9-20-14)7-11(12)17-15(18)10-3-4-10/h7-8,10H,1-4,6,9H2. The highest BCUT2D eigenvalue weighted by Crippen LogP contribution is 2.43. The van der Waals surface area contributed by atoms with Crippen LogP contribution in [0.4, 0.5) is 0 Å². The molecule has 0 N–H and O–H groups in total. The summed E-state index contributed by atoms with van der Waals surface area (Å²) in [5.74, 6) is 3.31. The second-order valence-corrected chi connectivity index (χ2v) is 5.35. The summed E-state index contributed by atoms with van der Waals surface area (Å²) in [4.78, 5) is 4.78. The number of unbranched alkanes of at least 4 members (excludes halogenated alkanes) is 1. The number of ether oxygens (including phenoxy) is 2. The highest BCUT2D eigenvalue weighted by Gasteiger charge is 2.30. The first-order valence-electron chi connectivity index (χ1n) is 7.03. The van der Waals surface area contributed by atoms with Crippen LogP contribution in [-0.2, 0) is 6.54 Å². The summed E-state index contributed by atoms with van der Waals surface area (Å²) in [6.45, 7) is 1.13. The van der Waals surface area contributed by atoms with E-state index in [0.717, 1.165) is 41.3 Å². The SMILES string of the molecule is N#CCCCn1c(C2CC2)nc2cc3c(cc21)OCO3. The van der Waals surface area contributed by atoms with Crippen LogP contribution >= 0.6 is 0 Å². The predicted molar refractivity (Wildman–Crippen MR) is 72.7 cm³/mol. The largest absolute Gasteiger partial charge is 0.454 e. The fourth-order valence-electron chi connectivity index (χ4n) is 2.74. The Balaban J connectivity index is 1.80. The molecule has 0 spiro atoms. The number of imidazole rings is 1. The monoisotopic (exact) mass is 269 g/mol. The van der Waals surface area contributed by atoms with Gasteiger partial charge in [0, 0.05) is 31.0 Å². The normalized spacial score (nSPS) is 16.6. The van der Waals surface area contributed by atoms with Crippen LogP contribution in [0.3, 0.4) is 0 Å². The Morgan fingerprint density at radius 1 is 1.30 bits per heavy atom. The maximum Gasteiger partial charge on any atom is 0.231 e. The van der Waals surface area contributed by atoms with Gasteiger partial charge in [0.15, 0.2) is 11.5 Å². The molecule has 1 fully saturated rings. The van der Waals surface area contributed by atoms with Crippen molar-refractivity contribution in [3.8, 4) is 17.6 Å². The summed E-state index contributed by atoms with van der Waals surface area (Å²) in [7, 11) is 0. The molecule has 0 unspecified atom stereocenters. The molecular formula is C15H15N3O2. The van der Waals surface area contributed by atoms with Crippen molar-refractivity contribution in [3.63, 3.8) is 0 Å². The number of nitrogens with zero attached hydrogens (tertiary/aromatic N) is 3. The molecule has 0 radical (unpaired) electrons. The topological polar surface area (TPSA) is 60.1 Å². The number of aryl methyl sites for hydroxylation is 1. The van der Waals surface area contributed by atoms with E-state index in [2.05, 4.69) is 10.6 Å². The molecule has 0 amide bonds. The molecule has 2 heterocycles. The van der Waals surface area contributed by atoms with Crippen LogP contribution in [0.15, 0.2) is 12.1 Å². The summed E-state index contributed by atoms with van der Waals surface area (Å²) in [5.41, 5.74) is 2.06. The number of aromatic nitrogens is 2. The van der Waals surface area contributed by atoms with Crippen LogP contribution in [0, 0.1) is 11.3 Å². The first-order chi connectivity index (χ1) is 9.86. The molecule has 0 bridgehead atoms. The number of hydrogen-bond acceptors (Lipinski definition) is 4. The summed E-state index contributed by atoms with van der Waals surface area (Å²) < 4.78 is 13.1. The van der Waals surface area contributed by atoms with Gasteiger partial charge in [-0.3, -0.25) is 0 Å². The van der Waals surface area contributed by atoms with Gasteiger partial charge in [0.2, 0.25) is 6.79 Å². The van der Waals surface area contributed by atoms with Gasteiger partial charge >= 0.3 is 0 Å². The minimum absolute atomic E-state index is 0.284. The Morgan fingerprint density at radius 3 is 2.85 bits per heavy atom. The minimum atomic E-state index is 0.284. The first kappa shape index (κ1) is 11.6. The highest BCUT2D eigenvalue weighted by molar-refractivity contribution is 5.81. The molecule has 2 aliphatic rings. The Hall–Kier alpha value is -2.22. The van der Waals surface area contributed by atoms with E-state index < -0.39 is 0 Å². The van der Waals surface area contributed by atoms with Gasteiger partial charge in [0.25, 0.3) is 0 Å². The quantitative estimate of drug-likeness (QED) is 0.801. The average Bonchev–Trinajstić information content (AvgIpc) is 3.10. The third-order valence-corrected chi connectivity index (χ3v) is 3.88. The zero-order valence-electron chi connectivity index (χ0n) is 11.1. The molecule has 1 aliphatic heterocycles. The van der Waals surface area contributed by atoms with E-state index >= 15 is 0 Å². The smallest absolute Gasteiger partial charge is 0.231 e. The van der Waals surface area contributed by atoms with E-state index in [4.69, 9.17) is 19.7 Å².